The highest BCUT2D eigenvalue weighted by atomic mass is 35.5. The zero-order valence-electron chi connectivity index (χ0n) is 27.3. The molecule has 1 aromatic heterocycles. The topological polar surface area (TPSA) is 183 Å². The van der Waals surface area contributed by atoms with Crippen molar-refractivity contribution in [2.45, 2.75) is 87.6 Å². The molecule has 0 spiro atoms. The summed E-state index contributed by atoms with van der Waals surface area (Å²) in [4.78, 5) is 16.6. The summed E-state index contributed by atoms with van der Waals surface area (Å²) in [7, 11) is 0. The van der Waals surface area contributed by atoms with E-state index in [2.05, 4.69) is 21.7 Å². The number of ether oxygens (including phenoxy) is 3. The molecule has 4 atom stereocenters. The number of urea groups is 1. The summed E-state index contributed by atoms with van der Waals surface area (Å²) in [5.74, 6) is 1.56. The van der Waals surface area contributed by atoms with Gasteiger partial charge in [-0.25, -0.2) is 4.79 Å². The maximum Gasteiger partial charge on any atom is 0.315 e. The summed E-state index contributed by atoms with van der Waals surface area (Å²) in [6.07, 6.45) is 5.07. The number of unbranched alkanes of at least 4 members (excludes halogenated alkanes) is 2. The molecule has 0 aliphatic heterocycles. The third-order valence-electron chi connectivity index (χ3n) is 8.76. The predicted octanol–water partition coefficient (Wildman–Crippen LogP) is 3.43. The molecular weight excluding hydrogens is 654 g/mol. The van der Waals surface area contributed by atoms with Crippen molar-refractivity contribution in [2.24, 2.45) is 0 Å². The maximum atomic E-state index is 12.2. The van der Waals surface area contributed by atoms with Gasteiger partial charge in [-0.1, -0.05) is 29.8 Å². The largest absolute Gasteiger partial charge is 0.494 e. The molecule has 3 aromatic rings. The number of aromatic nitrogens is 1. The number of hydrogen-bond acceptors (Lipinski definition) is 10. The van der Waals surface area contributed by atoms with Gasteiger partial charge in [-0.3, -0.25) is 4.98 Å². The first-order valence-electron chi connectivity index (χ1n) is 16.8. The number of benzene rings is 2. The van der Waals surface area contributed by atoms with Gasteiger partial charge in [0.2, 0.25) is 0 Å². The normalized spacial score (nSPS) is 17.4. The van der Waals surface area contributed by atoms with Crippen LogP contribution in [0.4, 0.5) is 4.79 Å². The summed E-state index contributed by atoms with van der Waals surface area (Å²) >= 11 is 6.57. The minimum absolute atomic E-state index is 0.288. The van der Waals surface area contributed by atoms with Crippen molar-refractivity contribution in [3.05, 3.63) is 77.1 Å². The SMILES string of the molecule is O=C(NCCCCCOc1ccc(Cl)c(COC2(c3cnccc3-c3ccccc3OC3CC3)CC2)c1)N[C@@H](CO)[C@@H](O)[C@H](O)[C@H](O)CO. The van der Waals surface area contributed by atoms with Gasteiger partial charge < -0.3 is 50.4 Å². The molecule has 1 heterocycles. The Hall–Kier alpha value is -3.49. The van der Waals surface area contributed by atoms with Gasteiger partial charge in [-0.2, -0.15) is 0 Å². The summed E-state index contributed by atoms with van der Waals surface area (Å²) in [5.41, 5.74) is 3.51. The van der Waals surface area contributed by atoms with Gasteiger partial charge in [0.05, 0.1) is 44.2 Å². The third kappa shape index (κ3) is 10.0. The van der Waals surface area contributed by atoms with E-state index >= 15 is 0 Å². The van der Waals surface area contributed by atoms with E-state index in [1.807, 2.05) is 42.6 Å². The molecule has 266 valence electrons. The van der Waals surface area contributed by atoms with Crippen LogP contribution in [0.3, 0.4) is 0 Å². The Kier molecular flexibility index (Phi) is 13.1. The fourth-order valence-corrected chi connectivity index (χ4v) is 5.72. The highest BCUT2D eigenvalue weighted by Gasteiger charge is 2.48. The van der Waals surface area contributed by atoms with Crippen molar-refractivity contribution in [1.82, 2.24) is 15.6 Å². The minimum atomic E-state index is -1.73. The zero-order valence-corrected chi connectivity index (χ0v) is 28.1. The van der Waals surface area contributed by atoms with Crippen molar-refractivity contribution >= 4 is 17.6 Å². The van der Waals surface area contributed by atoms with Crippen molar-refractivity contribution < 1.29 is 44.5 Å². The Bertz CT molecular complexity index is 1520. The molecule has 7 N–H and O–H groups in total. The number of para-hydroxylation sites is 1. The van der Waals surface area contributed by atoms with Gasteiger partial charge >= 0.3 is 6.03 Å². The molecule has 5 rings (SSSR count). The molecule has 49 heavy (non-hydrogen) atoms. The fourth-order valence-electron chi connectivity index (χ4n) is 5.55. The third-order valence-corrected chi connectivity index (χ3v) is 9.13. The van der Waals surface area contributed by atoms with E-state index in [4.69, 9.17) is 30.9 Å². The molecule has 0 saturated heterocycles. The molecule has 13 heteroatoms. The monoisotopic (exact) mass is 699 g/mol. The number of aliphatic hydroxyl groups is 5. The molecule has 2 aliphatic rings. The molecule has 12 nitrogen and oxygen atoms in total. The first kappa shape index (κ1) is 36.8. The van der Waals surface area contributed by atoms with Crippen molar-refractivity contribution in [2.75, 3.05) is 26.4 Å². The second kappa shape index (κ2) is 17.4. The molecule has 2 fully saturated rings. The molecule has 2 aliphatic carbocycles. The molecule has 2 aromatic carbocycles. The molecular formula is C36H46ClN3O9. The first-order valence-corrected chi connectivity index (χ1v) is 17.2. The second-order valence-corrected chi connectivity index (χ2v) is 13.0. The zero-order chi connectivity index (χ0) is 34.8. The van der Waals surface area contributed by atoms with Crippen LogP contribution in [-0.2, 0) is 16.9 Å². The van der Waals surface area contributed by atoms with Gasteiger partial charge in [-0.05, 0) is 80.8 Å². The Balaban J connectivity index is 1.06. The number of amides is 2. The average Bonchev–Trinajstić information content (AvgIpc) is 4.07. The number of carbonyl (C=O) groups excluding carboxylic acids is 1. The van der Waals surface area contributed by atoms with Gasteiger partial charge in [0, 0.05) is 40.7 Å². The van der Waals surface area contributed by atoms with Crippen LogP contribution in [0.15, 0.2) is 60.9 Å². The van der Waals surface area contributed by atoms with Crippen molar-refractivity contribution in [3.8, 4) is 22.6 Å². The van der Waals surface area contributed by atoms with Gasteiger partial charge in [0.25, 0.3) is 0 Å². The Morgan fingerprint density at radius 3 is 2.51 bits per heavy atom. The quantitative estimate of drug-likeness (QED) is 0.0863. The van der Waals surface area contributed by atoms with E-state index in [0.29, 0.717) is 37.0 Å². The Labute approximate surface area is 291 Å². The van der Waals surface area contributed by atoms with Gasteiger partial charge in [0.15, 0.2) is 0 Å². The van der Waals surface area contributed by atoms with Crippen molar-refractivity contribution in [3.63, 3.8) is 0 Å². The standard InChI is InChI=1S/C36H46ClN3O9/c37-29-11-10-25(47-17-5-1-4-15-39-35(46)40-30(20-41)33(44)34(45)31(43)21-42)18-23(29)22-48-36(13-14-36)28-19-38-16-12-26(28)27-6-2-3-7-32(27)49-24-8-9-24/h2-3,6-7,10-12,16,18-19,24,30-31,33-34,41-45H,1,4-5,8-9,13-15,17,20-22H2,(H2,39,40,46)/t30-,31+,33+,34+/m0/s1. The van der Waals surface area contributed by atoms with E-state index < -0.39 is 49.2 Å². The lowest BCUT2D eigenvalue weighted by atomic mass is 9.96. The maximum absolute atomic E-state index is 12.2. The number of carbonyl (C=O) groups is 1. The number of pyridine rings is 1. The highest BCUT2D eigenvalue weighted by Crippen LogP contribution is 2.53. The van der Waals surface area contributed by atoms with Crippen LogP contribution in [0.2, 0.25) is 5.02 Å². The number of aliphatic hydroxyl groups excluding tert-OH is 5. The number of rotatable bonds is 20. The summed E-state index contributed by atoms with van der Waals surface area (Å²) in [6, 6.07) is 13.8. The number of nitrogens with one attached hydrogen (secondary N) is 2. The van der Waals surface area contributed by atoms with Crippen molar-refractivity contribution in [1.29, 1.82) is 0 Å². The van der Waals surface area contributed by atoms with E-state index in [1.54, 1.807) is 12.3 Å². The van der Waals surface area contributed by atoms with Crippen LogP contribution in [-0.4, -0.2) is 93.4 Å². The van der Waals surface area contributed by atoms with E-state index in [0.717, 1.165) is 66.5 Å². The lowest BCUT2D eigenvalue weighted by Gasteiger charge is -2.28. The van der Waals surface area contributed by atoms with Gasteiger partial charge in [-0.15, -0.1) is 0 Å². The molecule has 2 saturated carbocycles. The van der Waals surface area contributed by atoms with E-state index in [1.165, 1.54) is 0 Å². The fraction of sp³-hybridized carbons (Fsp3) is 0.500. The van der Waals surface area contributed by atoms with E-state index in [9.17, 15) is 25.2 Å². The molecule has 0 radical (unpaired) electrons. The Morgan fingerprint density at radius 2 is 1.78 bits per heavy atom. The lowest BCUT2D eigenvalue weighted by molar-refractivity contribution is -0.0902. The minimum Gasteiger partial charge on any atom is -0.494 e. The summed E-state index contributed by atoms with van der Waals surface area (Å²) in [5, 5.41) is 53.3. The average molecular weight is 700 g/mol. The van der Waals surface area contributed by atoms with Crippen LogP contribution in [0, 0.1) is 0 Å². The summed E-state index contributed by atoms with van der Waals surface area (Å²) in [6.45, 7) is -0.334. The van der Waals surface area contributed by atoms with Crippen LogP contribution >= 0.6 is 11.6 Å². The molecule has 0 bridgehead atoms. The predicted molar refractivity (Wildman–Crippen MR) is 182 cm³/mol. The smallest absolute Gasteiger partial charge is 0.315 e. The lowest BCUT2D eigenvalue weighted by Crippen LogP contribution is -2.56. The first-order chi connectivity index (χ1) is 23.7. The number of halogens is 1. The van der Waals surface area contributed by atoms with Crippen LogP contribution in [0.1, 0.15) is 56.1 Å². The number of nitrogens with zero attached hydrogens (tertiary/aromatic N) is 1. The van der Waals surface area contributed by atoms with E-state index in [-0.39, 0.29) is 6.10 Å². The van der Waals surface area contributed by atoms with Crippen LogP contribution in [0.5, 0.6) is 11.5 Å². The summed E-state index contributed by atoms with van der Waals surface area (Å²) < 4.78 is 18.8. The molecule has 0 unspecified atom stereocenters. The van der Waals surface area contributed by atoms with Crippen LogP contribution < -0.4 is 20.1 Å². The van der Waals surface area contributed by atoms with Gasteiger partial charge in [0.1, 0.15) is 29.8 Å². The molecule has 2 amide bonds. The number of hydrogen-bond donors (Lipinski definition) is 7. The highest BCUT2D eigenvalue weighted by molar-refractivity contribution is 6.31. The second-order valence-electron chi connectivity index (χ2n) is 12.6. The van der Waals surface area contributed by atoms with Crippen LogP contribution in [0.25, 0.3) is 11.1 Å². The Morgan fingerprint density at radius 1 is 0.980 bits per heavy atom.